The smallest absolute Gasteiger partial charge is 0.360 e. The molecule has 11 nitrogen and oxygen atoms in total. The molecule has 0 aliphatic rings. The van der Waals surface area contributed by atoms with Gasteiger partial charge in [0.2, 0.25) is 11.6 Å². The van der Waals surface area contributed by atoms with Gasteiger partial charge in [-0.3, -0.25) is 0 Å². The van der Waals surface area contributed by atoms with Crippen molar-refractivity contribution in [3.05, 3.63) is 47.3 Å². The molecule has 11 heteroatoms. The number of aliphatic hydroxyl groups is 1. The Morgan fingerprint density at radius 1 is 1.37 bits per heavy atom. The SMILES string of the molecule is CCOC(=O)c1nnn(-c2nonc2N)c1CNCC(O)c1ccccc1. The van der Waals surface area contributed by atoms with Gasteiger partial charge in [0.25, 0.3) is 0 Å². The van der Waals surface area contributed by atoms with Crippen molar-refractivity contribution in [3.63, 3.8) is 0 Å². The van der Waals surface area contributed by atoms with Crippen LogP contribution in [-0.2, 0) is 11.3 Å². The van der Waals surface area contributed by atoms with Crippen molar-refractivity contribution in [3.8, 4) is 5.82 Å². The van der Waals surface area contributed by atoms with E-state index >= 15 is 0 Å². The normalized spacial score (nSPS) is 12.1. The first-order chi connectivity index (χ1) is 13.1. The van der Waals surface area contributed by atoms with Gasteiger partial charge in [-0.15, -0.1) is 5.10 Å². The van der Waals surface area contributed by atoms with Crippen molar-refractivity contribution in [2.75, 3.05) is 18.9 Å². The Hall–Kier alpha value is -3.31. The number of ether oxygens (including phenoxy) is 1. The second kappa shape index (κ2) is 8.38. The molecule has 1 unspecified atom stereocenters. The first-order valence-corrected chi connectivity index (χ1v) is 8.25. The van der Waals surface area contributed by atoms with E-state index in [1.807, 2.05) is 30.3 Å². The number of nitrogens with zero attached hydrogens (tertiary/aromatic N) is 5. The Balaban J connectivity index is 1.78. The second-order valence-corrected chi connectivity index (χ2v) is 5.55. The average molecular weight is 373 g/mol. The van der Waals surface area contributed by atoms with Crippen LogP contribution in [0.25, 0.3) is 5.82 Å². The van der Waals surface area contributed by atoms with E-state index < -0.39 is 12.1 Å². The summed E-state index contributed by atoms with van der Waals surface area (Å²) in [6, 6.07) is 9.21. The number of esters is 1. The number of hydrogen-bond acceptors (Lipinski definition) is 10. The summed E-state index contributed by atoms with van der Waals surface area (Å²) in [4.78, 5) is 12.1. The quantitative estimate of drug-likeness (QED) is 0.467. The highest BCUT2D eigenvalue weighted by molar-refractivity contribution is 5.88. The van der Waals surface area contributed by atoms with Crippen LogP contribution in [0.15, 0.2) is 35.0 Å². The van der Waals surface area contributed by atoms with Crippen LogP contribution < -0.4 is 11.1 Å². The fraction of sp³-hybridized carbons (Fsp3) is 0.312. The third-order valence-electron chi connectivity index (χ3n) is 3.74. The number of carbonyl (C=O) groups is 1. The maximum absolute atomic E-state index is 12.1. The van der Waals surface area contributed by atoms with Crippen molar-refractivity contribution in [1.29, 1.82) is 0 Å². The summed E-state index contributed by atoms with van der Waals surface area (Å²) in [6.07, 6.45) is -0.722. The zero-order valence-corrected chi connectivity index (χ0v) is 14.6. The predicted molar refractivity (Wildman–Crippen MR) is 92.7 cm³/mol. The molecule has 0 saturated heterocycles. The van der Waals surface area contributed by atoms with E-state index in [1.165, 1.54) is 4.68 Å². The minimum Gasteiger partial charge on any atom is -0.461 e. The number of aromatic nitrogens is 5. The van der Waals surface area contributed by atoms with Gasteiger partial charge in [0.15, 0.2) is 5.69 Å². The van der Waals surface area contributed by atoms with Crippen LogP contribution in [0.5, 0.6) is 0 Å². The Morgan fingerprint density at radius 3 is 2.81 bits per heavy atom. The molecule has 3 aromatic rings. The number of hydrogen-bond donors (Lipinski definition) is 3. The molecule has 0 fully saturated rings. The maximum Gasteiger partial charge on any atom is 0.360 e. The molecule has 0 aliphatic heterocycles. The molecule has 0 saturated carbocycles. The summed E-state index contributed by atoms with van der Waals surface area (Å²) in [6.45, 7) is 2.27. The number of anilines is 1. The molecule has 0 aliphatic carbocycles. The van der Waals surface area contributed by atoms with Crippen molar-refractivity contribution >= 4 is 11.8 Å². The molecule has 0 amide bonds. The molecule has 0 radical (unpaired) electrons. The number of benzene rings is 1. The summed E-state index contributed by atoms with van der Waals surface area (Å²) in [7, 11) is 0. The van der Waals surface area contributed by atoms with Crippen molar-refractivity contribution in [1.82, 2.24) is 30.6 Å². The third kappa shape index (κ3) is 4.10. The molecule has 142 valence electrons. The standard InChI is InChI=1S/C16H19N7O4/c1-2-26-16(25)13-11(23(22-19-13)15-14(17)20-27-21-15)8-18-9-12(24)10-6-4-3-5-7-10/h3-7,12,18,24H,2,8-9H2,1H3,(H2,17,20). The Kier molecular flexibility index (Phi) is 5.74. The maximum atomic E-state index is 12.1. The van der Waals surface area contributed by atoms with E-state index in [2.05, 4.69) is 30.6 Å². The number of carbonyl (C=O) groups excluding carboxylic acids is 1. The van der Waals surface area contributed by atoms with Gasteiger partial charge in [0.05, 0.1) is 18.4 Å². The Morgan fingerprint density at radius 2 is 2.15 bits per heavy atom. The fourth-order valence-corrected chi connectivity index (χ4v) is 2.45. The number of rotatable bonds is 8. The van der Waals surface area contributed by atoms with E-state index in [9.17, 15) is 9.90 Å². The van der Waals surface area contributed by atoms with Crippen LogP contribution >= 0.6 is 0 Å². The van der Waals surface area contributed by atoms with E-state index in [4.69, 9.17) is 10.5 Å². The highest BCUT2D eigenvalue weighted by Gasteiger charge is 2.24. The summed E-state index contributed by atoms with van der Waals surface area (Å²) < 4.78 is 10.8. The zero-order valence-electron chi connectivity index (χ0n) is 14.6. The predicted octanol–water partition coefficient (Wildman–Crippen LogP) is 0.232. The minimum atomic E-state index is -0.722. The lowest BCUT2D eigenvalue weighted by molar-refractivity contribution is 0.0518. The van der Waals surface area contributed by atoms with Gasteiger partial charge in [-0.2, -0.15) is 4.68 Å². The van der Waals surface area contributed by atoms with Gasteiger partial charge < -0.3 is 20.9 Å². The van der Waals surface area contributed by atoms with Crippen molar-refractivity contribution in [2.45, 2.75) is 19.6 Å². The van der Waals surface area contributed by atoms with Crippen molar-refractivity contribution < 1.29 is 19.3 Å². The lowest BCUT2D eigenvalue weighted by Crippen LogP contribution is -2.24. The zero-order chi connectivity index (χ0) is 19.2. The molecular weight excluding hydrogens is 354 g/mol. The first kappa shape index (κ1) is 18.5. The molecule has 2 aromatic heterocycles. The topological polar surface area (TPSA) is 154 Å². The van der Waals surface area contributed by atoms with Crippen LogP contribution in [0.1, 0.15) is 34.8 Å². The molecule has 0 bridgehead atoms. The van der Waals surface area contributed by atoms with E-state index in [0.717, 1.165) is 5.56 Å². The van der Waals surface area contributed by atoms with Gasteiger partial charge >= 0.3 is 5.97 Å². The van der Waals surface area contributed by atoms with E-state index in [1.54, 1.807) is 6.92 Å². The van der Waals surface area contributed by atoms with Crippen LogP contribution in [0, 0.1) is 0 Å². The summed E-state index contributed by atoms with van der Waals surface area (Å²) >= 11 is 0. The molecule has 1 aromatic carbocycles. The molecule has 1 atom stereocenters. The molecule has 2 heterocycles. The molecule has 3 rings (SSSR count). The largest absolute Gasteiger partial charge is 0.461 e. The van der Waals surface area contributed by atoms with Gasteiger partial charge in [0.1, 0.15) is 0 Å². The Bertz CT molecular complexity index is 893. The van der Waals surface area contributed by atoms with Crippen LogP contribution in [0.4, 0.5) is 5.82 Å². The summed E-state index contributed by atoms with van der Waals surface area (Å²) in [5, 5.41) is 28.3. The first-order valence-electron chi connectivity index (χ1n) is 8.25. The van der Waals surface area contributed by atoms with Crippen LogP contribution in [-0.4, -0.2) is 49.5 Å². The van der Waals surface area contributed by atoms with Crippen molar-refractivity contribution in [2.24, 2.45) is 0 Å². The highest BCUT2D eigenvalue weighted by Crippen LogP contribution is 2.17. The number of aliphatic hydroxyl groups excluding tert-OH is 1. The van der Waals surface area contributed by atoms with E-state index in [-0.39, 0.29) is 37.0 Å². The lowest BCUT2D eigenvalue weighted by Gasteiger charge is -2.12. The summed E-state index contributed by atoms with van der Waals surface area (Å²) in [5.74, 6) is -0.515. The third-order valence-corrected chi connectivity index (χ3v) is 3.74. The number of nitrogen functional groups attached to an aromatic ring is 1. The van der Waals surface area contributed by atoms with Gasteiger partial charge in [-0.05, 0) is 22.8 Å². The second-order valence-electron chi connectivity index (χ2n) is 5.55. The van der Waals surface area contributed by atoms with Gasteiger partial charge in [0, 0.05) is 13.1 Å². The lowest BCUT2D eigenvalue weighted by atomic mass is 10.1. The number of nitrogens with one attached hydrogen (secondary N) is 1. The van der Waals surface area contributed by atoms with E-state index in [0.29, 0.717) is 5.69 Å². The Labute approximate surface area is 154 Å². The summed E-state index contributed by atoms with van der Waals surface area (Å²) in [5.41, 5.74) is 6.85. The van der Waals surface area contributed by atoms with Gasteiger partial charge in [-0.25, -0.2) is 9.42 Å². The molecule has 0 spiro atoms. The van der Waals surface area contributed by atoms with Crippen LogP contribution in [0.2, 0.25) is 0 Å². The van der Waals surface area contributed by atoms with Crippen LogP contribution in [0.3, 0.4) is 0 Å². The molecule has 4 N–H and O–H groups in total. The average Bonchev–Trinajstić information content (AvgIpc) is 3.28. The monoisotopic (exact) mass is 373 g/mol. The fourth-order valence-electron chi connectivity index (χ4n) is 2.45. The molecular formula is C16H19N7O4. The highest BCUT2D eigenvalue weighted by atomic mass is 16.6. The molecule has 27 heavy (non-hydrogen) atoms. The van der Waals surface area contributed by atoms with Gasteiger partial charge in [-0.1, -0.05) is 35.5 Å². The number of nitrogens with two attached hydrogens (primary N) is 1. The minimum absolute atomic E-state index is 0.000814.